The van der Waals surface area contributed by atoms with Crippen LogP contribution < -0.4 is 10.1 Å². The van der Waals surface area contributed by atoms with Gasteiger partial charge in [0.25, 0.3) is 0 Å². The number of pyridine rings is 1. The molecular formula is C17H28N2O2. The number of methoxy groups -OCH3 is 2. The number of hydrogen-bond acceptors (Lipinski definition) is 4. The van der Waals surface area contributed by atoms with E-state index in [4.69, 9.17) is 9.47 Å². The Morgan fingerprint density at radius 3 is 2.52 bits per heavy atom. The van der Waals surface area contributed by atoms with Gasteiger partial charge in [-0.05, 0) is 31.5 Å². The molecule has 2 rings (SSSR count). The molecule has 0 aromatic carbocycles. The Balaban J connectivity index is 2.39. The highest BCUT2D eigenvalue weighted by molar-refractivity contribution is 5.31. The minimum absolute atomic E-state index is 0.0711. The Kier molecular flexibility index (Phi) is 6.00. The summed E-state index contributed by atoms with van der Waals surface area (Å²) in [5.41, 5.74) is 0.777. The highest BCUT2D eigenvalue weighted by atomic mass is 16.5. The molecule has 1 aliphatic rings. The zero-order chi connectivity index (χ0) is 15.1. The number of rotatable bonds is 6. The molecule has 21 heavy (non-hydrogen) atoms. The maximum Gasteiger partial charge on any atom is 0.142 e. The SMILES string of the molecule is CCNC(c1ncccc1OC)C1(OC)CCCCCC1. The van der Waals surface area contributed by atoms with Crippen LogP contribution in [0.1, 0.15) is 57.2 Å². The first kappa shape index (κ1) is 16.2. The first-order valence-corrected chi connectivity index (χ1v) is 8.05. The van der Waals surface area contributed by atoms with E-state index in [2.05, 4.69) is 17.2 Å². The molecule has 1 aromatic heterocycles. The highest BCUT2D eigenvalue weighted by Gasteiger charge is 2.41. The molecule has 118 valence electrons. The topological polar surface area (TPSA) is 43.4 Å². The fourth-order valence-electron chi connectivity index (χ4n) is 3.47. The Labute approximate surface area is 128 Å². The lowest BCUT2D eigenvalue weighted by Crippen LogP contribution is -2.46. The summed E-state index contributed by atoms with van der Waals surface area (Å²) in [6, 6.07) is 3.96. The molecule has 0 aliphatic heterocycles. The number of hydrogen-bond donors (Lipinski definition) is 1. The predicted molar refractivity (Wildman–Crippen MR) is 84.6 cm³/mol. The molecule has 1 aliphatic carbocycles. The van der Waals surface area contributed by atoms with Crippen LogP contribution in [-0.2, 0) is 4.74 Å². The summed E-state index contributed by atoms with van der Waals surface area (Å²) < 4.78 is 11.6. The molecule has 1 fully saturated rings. The van der Waals surface area contributed by atoms with Gasteiger partial charge in [-0.1, -0.05) is 32.6 Å². The fourth-order valence-corrected chi connectivity index (χ4v) is 3.47. The zero-order valence-corrected chi connectivity index (χ0v) is 13.5. The van der Waals surface area contributed by atoms with Gasteiger partial charge in [-0.25, -0.2) is 0 Å². The van der Waals surface area contributed by atoms with Crippen molar-refractivity contribution in [3.63, 3.8) is 0 Å². The molecule has 0 radical (unpaired) electrons. The van der Waals surface area contributed by atoms with E-state index in [1.807, 2.05) is 25.4 Å². The van der Waals surface area contributed by atoms with Crippen LogP contribution in [-0.4, -0.2) is 31.3 Å². The summed E-state index contributed by atoms with van der Waals surface area (Å²) in [6.07, 6.45) is 8.99. The quantitative estimate of drug-likeness (QED) is 0.815. The molecule has 0 bridgehead atoms. The molecule has 1 heterocycles. The Hall–Kier alpha value is -1.13. The minimum Gasteiger partial charge on any atom is -0.495 e. The number of nitrogens with zero attached hydrogens (tertiary/aromatic N) is 1. The van der Waals surface area contributed by atoms with Crippen molar-refractivity contribution in [2.45, 2.75) is 57.1 Å². The third-order valence-corrected chi connectivity index (χ3v) is 4.58. The van der Waals surface area contributed by atoms with Crippen molar-refractivity contribution in [2.75, 3.05) is 20.8 Å². The summed E-state index contributed by atoms with van der Waals surface area (Å²) in [7, 11) is 3.54. The van der Waals surface area contributed by atoms with Crippen LogP contribution in [0.4, 0.5) is 0 Å². The Bertz CT molecular complexity index is 429. The van der Waals surface area contributed by atoms with Crippen molar-refractivity contribution >= 4 is 0 Å². The van der Waals surface area contributed by atoms with Gasteiger partial charge in [-0.15, -0.1) is 0 Å². The van der Waals surface area contributed by atoms with Crippen LogP contribution >= 0.6 is 0 Å². The van der Waals surface area contributed by atoms with Crippen LogP contribution in [0.5, 0.6) is 5.75 Å². The number of likely N-dealkylation sites (N-methyl/N-ethyl adjacent to an activating group) is 1. The Morgan fingerprint density at radius 1 is 1.24 bits per heavy atom. The van der Waals surface area contributed by atoms with Crippen molar-refractivity contribution in [1.82, 2.24) is 10.3 Å². The monoisotopic (exact) mass is 292 g/mol. The average molecular weight is 292 g/mol. The minimum atomic E-state index is -0.186. The summed E-state index contributed by atoms with van der Waals surface area (Å²) in [5.74, 6) is 0.837. The molecular weight excluding hydrogens is 264 g/mol. The molecule has 1 unspecified atom stereocenters. The van der Waals surface area contributed by atoms with E-state index in [-0.39, 0.29) is 11.6 Å². The number of aromatic nitrogens is 1. The van der Waals surface area contributed by atoms with Gasteiger partial charge < -0.3 is 14.8 Å². The number of nitrogens with one attached hydrogen (secondary N) is 1. The van der Waals surface area contributed by atoms with Crippen LogP contribution in [0.3, 0.4) is 0 Å². The zero-order valence-electron chi connectivity index (χ0n) is 13.5. The second kappa shape index (κ2) is 7.76. The van der Waals surface area contributed by atoms with E-state index in [0.717, 1.165) is 30.8 Å². The molecule has 4 nitrogen and oxygen atoms in total. The van der Waals surface area contributed by atoms with Crippen molar-refractivity contribution < 1.29 is 9.47 Å². The van der Waals surface area contributed by atoms with Gasteiger partial charge in [0.15, 0.2) is 0 Å². The van der Waals surface area contributed by atoms with Gasteiger partial charge in [-0.2, -0.15) is 0 Å². The standard InChI is InChI=1S/C17H28N2O2/c1-4-18-16(15-14(20-2)10-9-13-19-15)17(21-3)11-7-5-6-8-12-17/h9-10,13,16,18H,4-8,11-12H2,1-3H3. The predicted octanol–water partition coefficient (Wildman–Crippen LogP) is 3.48. The second-order valence-electron chi connectivity index (χ2n) is 5.76. The van der Waals surface area contributed by atoms with E-state index >= 15 is 0 Å². The van der Waals surface area contributed by atoms with Gasteiger partial charge in [0.1, 0.15) is 11.4 Å². The molecule has 1 atom stereocenters. The first-order valence-electron chi connectivity index (χ1n) is 8.05. The van der Waals surface area contributed by atoms with E-state index in [1.165, 1.54) is 25.7 Å². The van der Waals surface area contributed by atoms with Crippen molar-refractivity contribution in [2.24, 2.45) is 0 Å². The molecule has 1 N–H and O–H groups in total. The van der Waals surface area contributed by atoms with Crippen molar-refractivity contribution in [3.8, 4) is 5.75 Å². The van der Waals surface area contributed by atoms with Crippen molar-refractivity contribution in [1.29, 1.82) is 0 Å². The summed E-state index contributed by atoms with van der Waals surface area (Å²) in [6.45, 7) is 3.01. The molecule has 0 spiro atoms. The normalized spacial score (nSPS) is 19.8. The summed E-state index contributed by atoms with van der Waals surface area (Å²) in [4.78, 5) is 4.60. The van der Waals surface area contributed by atoms with Crippen LogP contribution in [0.2, 0.25) is 0 Å². The molecule has 0 saturated heterocycles. The van der Waals surface area contributed by atoms with Crippen molar-refractivity contribution in [3.05, 3.63) is 24.0 Å². The summed E-state index contributed by atoms with van der Waals surface area (Å²) in [5, 5.41) is 3.60. The highest BCUT2D eigenvalue weighted by Crippen LogP contribution is 2.41. The van der Waals surface area contributed by atoms with Crippen LogP contribution in [0, 0.1) is 0 Å². The third-order valence-electron chi connectivity index (χ3n) is 4.58. The van der Waals surface area contributed by atoms with Gasteiger partial charge >= 0.3 is 0 Å². The van der Waals surface area contributed by atoms with E-state index in [1.54, 1.807) is 7.11 Å². The lowest BCUT2D eigenvalue weighted by atomic mass is 9.83. The molecule has 0 amide bonds. The first-order chi connectivity index (χ1) is 10.3. The van der Waals surface area contributed by atoms with Gasteiger partial charge in [0, 0.05) is 13.3 Å². The van der Waals surface area contributed by atoms with Gasteiger partial charge in [0.2, 0.25) is 0 Å². The lowest BCUT2D eigenvalue weighted by molar-refractivity contribution is -0.0552. The van der Waals surface area contributed by atoms with Gasteiger partial charge in [0.05, 0.1) is 18.8 Å². The van der Waals surface area contributed by atoms with Crippen LogP contribution in [0.15, 0.2) is 18.3 Å². The molecule has 4 heteroatoms. The van der Waals surface area contributed by atoms with E-state index in [0.29, 0.717) is 0 Å². The number of ether oxygens (including phenoxy) is 2. The van der Waals surface area contributed by atoms with Crippen LogP contribution in [0.25, 0.3) is 0 Å². The summed E-state index contributed by atoms with van der Waals surface area (Å²) >= 11 is 0. The lowest BCUT2D eigenvalue weighted by Gasteiger charge is -2.39. The Morgan fingerprint density at radius 2 is 1.95 bits per heavy atom. The smallest absolute Gasteiger partial charge is 0.142 e. The molecule has 1 aromatic rings. The van der Waals surface area contributed by atoms with E-state index in [9.17, 15) is 0 Å². The van der Waals surface area contributed by atoms with Gasteiger partial charge in [-0.3, -0.25) is 4.98 Å². The fraction of sp³-hybridized carbons (Fsp3) is 0.706. The maximum absolute atomic E-state index is 6.07. The third kappa shape index (κ3) is 3.55. The second-order valence-corrected chi connectivity index (χ2v) is 5.76. The average Bonchev–Trinajstić information content (AvgIpc) is 2.79. The largest absolute Gasteiger partial charge is 0.495 e. The molecule has 1 saturated carbocycles. The van der Waals surface area contributed by atoms with E-state index < -0.39 is 0 Å². The maximum atomic E-state index is 6.07.